The summed E-state index contributed by atoms with van der Waals surface area (Å²) in [6.07, 6.45) is 1.36. The standard InChI is InChI=1S/C15H12FNO2/c1-10(18)11-3-2-4-14(8-11)17-9-12-7-13(16)5-6-15(12)19/h2-9,19H,1H3. The molecule has 0 fully saturated rings. The number of hydrogen-bond donors (Lipinski definition) is 1. The number of hydrogen-bond acceptors (Lipinski definition) is 3. The van der Waals surface area contributed by atoms with Crippen molar-refractivity contribution in [1.82, 2.24) is 0 Å². The second-order valence-corrected chi connectivity index (χ2v) is 4.07. The van der Waals surface area contributed by atoms with Gasteiger partial charge >= 0.3 is 0 Å². The first kappa shape index (κ1) is 13.0. The van der Waals surface area contributed by atoms with Gasteiger partial charge in [0, 0.05) is 17.3 Å². The number of rotatable bonds is 3. The lowest BCUT2D eigenvalue weighted by molar-refractivity contribution is 0.101. The van der Waals surface area contributed by atoms with Crippen LogP contribution in [0.15, 0.2) is 47.5 Å². The van der Waals surface area contributed by atoms with Crippen molar-refractivity contribution in [2.45, 2.75) is 6.92 Å². The number of benzene rings is 2. The minimum Gasteiger partial charge on any atom is -0.507 e. The Morgan fingerprint density at radius 1 is 1.26 bits per heavy atom. The van der Waals surface area contributed by atoms with Gasteiger partial charge in [-0.3, -0.25) is 9.79 Å². The van der Waals surface area contributed by atoms with Gasteiger partial charge in [0.25, 0.3) is 0 Å². The van der Waals surface area contributed by atoms with Crippen molar-refractivity contribution >= 4 is 17.7 Å². The monoisotopic (exact) mass is 257 g/mol. The van der Waals surface area contributed by atoms with Crippen LogP contribution in [0.3, 0.4) is 0 Å². The van der Waals surface area contributed by atoms with E-state index < -0.39 is 5.82 Å². The number of nitrogens with zero attached hydrogens (tertiary/aromatic N) is 1. The molecule has 0 bridgehead atoms. The molecule has 2 aromatic carbocycles. The molecule has 4 heteroatoms. The molecule has 0 atom stereocenters. The Morgan fingerprint density at radius 3 is 2.79 bits per heavy atom. The van der Waals surface area contributed by atoms with Crippen LogP contribution in [0.4, 0.5) is 10.1 Å². The fourth-order valence-electron chi connectivity index (χ4n) is 1.58. The average Bonchev–Trinajstić information content (AvgIpc) is 2.40. The first-order valence-electron chi connectivity index (χ1n) is 5.70. The van der Waals surface area contributed by atoms with Gasteiger partial charge in [-0.05, 0) is 37.3 Å². The normalized spacial score (nSPS) is 10.8. The minimum atomic E-state index is -0.447. The molecule has 0 aromatic heterocycles. The average molecular weight is 257 g/mol. The highest BCUT2D eigenvalue weighted by atomic mass is 19.1. The third-order valence-corrected chi connectivity index (χ3v) is 2.59. The van der Waals surface area contributed by atoms with E-state index in [1.807, 2.05) is 0 Å². The molecule has 0 amide bonds. The predicted molar refractivity (Wildman–Crippen MR) is 71.8 cm³/mol. The maximum absolute atomic E-state index is 13.0. The summed E-state index contributed by atoms with van der Waals surface area (Å²) in [5, 5.41) is 9.54. The van der Waals surface area contributed by atoms with Gasteiger partial charge in [0.05, 0.1) is 5.69 Å². The molecular weight excluding hydrogens is 245 g/mol. The number of phenolic OH excluding ortho intramolecular Hbond substituents is 1. The maximum atomic E-state index is 13.0. The maximum Gasteiger partial charge on any atom is 0.159 e. The molecule has 96 valence electrons. The zero-order valence-electron chi connectivity index (χ0n) is 10.3. The number of aliphatic imine (C=N–C) groups is 1. The zero-order chi connectivity index (χ0) is 13.8. The van der Waals surface area contributed by atoms with Crippen molar-refractivity contribution in [2.75, 3.05) is 0 Å². The lowest BCUT2D eigenvalue weighted by Crippen LogP contribution is -1.90. The first-order valence-corrected chi connectivity index (χ1v) is 5.70. The second kappa shape index (κ2) is 5.44. The van der Waals surface area contributed by atoms with Gasteiger partial charge in [-0.15, -0.1) is 0 Å². The molecule has 1 N–H and O–H groups in total. The van der Waals surface area contributed by atoms with E-state index in [1.54, 1.807) is 24.3 Å². The van der Waals surface area contributed by atoms with Crippen LogP contribution in [0.5, 0.6) is 5.75 Å². The number of carbonyl (C=O) groups is 1. The smallest absolute Gasteiger partial charge is 0.159 e. The van der Waals surface area contributed by atoms with Crippen LogP contribution >= 0.6 is 0 Å². The van der Waals surface area contributed by atoms with E-state index in [9.17, 15) is 14.3 Å². The number of halogens is 1. The van der Waals surface area contributed by atoms with Crippen molar-refractivity contribution in [1.29, 1.82) is 0 Å². The number of Topliss-reactive ketones (excluding diaryl/α,β-unsaturated/α-hetero) is 1. The van der Waals surface area contributed by atoms with Crippen LogP contribution in [0.2, 0.25) is 0 Å². The Balaban J connectivity index is 2.30. The quantitative estimate of drug-likeness (QED) is 0.676. The van der Waals surface area contributed by atoms with Crippen LogP contribution in [0, 0.1) is 5.82 Å². The second-order valence-electron chi connectivity index (χ2n) is 4.07. The van der Waals surface area contributed by atoms with Gasteiger partial charge in [-0.1, -0.05) is 12.1 Å². The summed E-state index contributed by atoms with van der Waals surface area (Å²) in [5.74, 6) is -0.546. The van der Waals surface area contributed by atoms with Gasteiger partial charge in [-0.25, -0.2) is 4.39 Å². The molecule has 0 spiro atoms. The number of ketones is 1. The Kier molecular flexibility index (Phi) is 3.71. The summed E-state index contributed by atoms with van der Waals surface area (Å²) >= 11 is 0. The van der Waals surface area contributed by atoms with Gasteiger partial charge in [0.2, 0.25) is 0 Å². The summed E-state index contributed by atoms with van der Waals surface area (Å²) in [6, 6.07) is 10.4. The molecular formula is C15H12FNO2. The summed E-state index contributed by atoms with van der Waals surface area (Å²) in [6.45, 7) is 1.47. The topological polar surface area (TPSA) is 49.7 Å². The van der Waals surface area contributed by atoms with Crippen molar-refractivity contribution in [2.24, 2.45) is 4.99 Å². The molecule has 2 rings (SSSR count). The Morgan fingerprint density at radius 2 is 2.05 bits per heavy atom. The number of phenols is 1. The molecule has 2 aromatic rings. The molecule has 0 unspecified atom stereocenters. The molecule has 0 aliphatic heterocycles. The fourth-order valence-corrected chi connectivity index (χ4v) is 1.58. The van der Waals surface area contributed by atoms with E-state index in [1.165, 1.54) is 31.3 Å². The van der Waals surface area contributed by atoms with Gasteiger partial charge in [0.1, 0.15) is 11.6 Å². The van der Waals surface area contributed by atoms with Crippen molar-refractivity contribution in [3.05, 3.63) is 59.4 Å². The zero-order valence-corrected chi connectivity index (χ0v) is 10.3. The van der Waals surface area contributed by atoms with Crippen LogP contribution in [0.1, 0.15) is 22.8 Å². The van der Waals surface area contributed by atoms with Crippen molar-refractivity contribution < 1.29 is 14.3 Å². The Bertz CT molecular complexity index is 650. The third-order valence-electron chi connectivity index (χ3n) is 2.59. The predicted octanol–water partition coefficient (Wildman–Crippen LogP) is 3.48. The fraction of sp³-hybridized carbons (Fsp3) is 0.0667. The van der Waals surface area contributed by atoms with Crippen LogP contribution in [-0.2, 0) is 0 Å². The highest BCUT2D eigenvalue weighted by Gasteiger charge is 2.01. The van der Waals surface area contributed by atoms with Crippen LogP contribution in [-0.4, -0.2) is 17.1 Å². The van der Waals surface area contributed by atoms with E-state index >= 15 is 0 Å². The third kappa shape index (κ3) is 3.25. The largest absolute Gasteiger partial charge is 0.507 e. The summed E-state index contributed by atoms with van der Waals surface area (Å²) in [4.78, 5) is 15.3. The molecule has 0 radical (unpaired) electrons. The lowest BCUT2D eigenvalue weighted by atomic mass is 10.1. The summed E-state index contributed by atoms with van der Waals surface area (Å²) < 4.78 is 13.0. The molecule has 19 heavy (non-hydrogen) atoms. The van der Waals surface area contributed by atoms with E-state index in [-0.39, 0.29) is 17.1 Å². The summed E-state index contributed by atoms with van der Waals surface area (Å²) in [5.41, 5.74) is 1.41. The number of carbonyl (C=O) groups excluding carboxylic acids is 1. The van der Waals surface area contributed by atoms with E-state index in [0.717, 1.165) is 0 Å². The molecule has 0 aliphatic rings. The Hall–Kier alpha value is -2.49. The van der Waals surface area contributed by atoms with Gasteiger partial charge in [0.15, 0.2) is 5.78 Å². The lowest BCUT2D eigenvalue weighted by Gasteiger charge is -2.00. The van der Waals surface area contributed by atoms with Crippen LogP contribution in [0.25, 0.3) is 0 Å². The molecule has 0 saturated heterocycles. The molecule has 0 aliphatic carbocycles. The van der Waals surface area contributed by atoms with E-state index in [4.69, 9.17) is 0 Å². The highest BCUT2D eigenvalue weighted by Crippen LogP contribution is 2.18. The minimum absolute atomic E-state index is 0.0483. The first-order chi connectivity index (χ1) is 9.06. The SMILES string of the molecule is CC(=O)c1cccc(N=Cc2cc(F)ccc2O)c1. The van der Waals surface area contributed by atoms with Crippen molar-refractivity contribution in [3.8, 4) is 5.75 Å². The molecule has 3 nitrogen and oxygen atoms in total. The summed E-state index contributed by atoms with van der Waals surface area (Å²) in [7, 11) is 0. The number of aromatic hydroxyl groups is 1. The molecule has 0 heterocycles. The Labute approximate surface area is 110 Å². The van der Waals surface area contributed by atoms with E-state index in [2.05, 4.69) is 4.99 Å². The van der Waals surface area contributed by atoms with Crippen LogP contribution < -0.4 is 0 Å². The highest BCUT2D eigenvalue weighted by molar-refractivity contribution is 5.95. The van der Waals surface area contributed by atoms with E-state index in [0.29, 0.717) is 11.3 Å². The van der Waals surface area contributed by atoms with Gasteiger partial charge in [-0.2, -0.15) is 0 Å². The van der Waals surface area contributed by atoms with Crippen molar-refractivity contribution in [3.63, 3.8) is 0 Å². The van der Waals surface area contributed by atoms with Gasteiger partial charge < -0.3 is 5.11 Å². The molecule has 0 saturated carbocycles.